The second-order valence-electron chi connectivity index (χ2n) is 6.59. The first-order valence-corrected chi connectivity index (χ1v) is 9.49. The van der Waals surface area contributed by atoms with Gasteiger partial charge in [-0.25, -0.2) is 0 Å². The molecule has 2 aliphatic rings. The first kappa shape index (κ1) is 14.5. The number of hydrogen-bond donors (Lipinski definition) is 1. The molecule has 4 heteroatoms. The van der Waals surface area contributed by atoms with E-state index in [-0.39, 0.29) is 5.41 Å². The zero-order chi connectivity index (χ0) is 14.0. The number of nitrogens with one attached hydrogen (secondary N) is 1. The Kier molecular flexibility index (Phi) is 4.41. The van der Waals surface area contributed by atoms with E-state index in [1.165, 1.54) is 41.5 Å². The van der Waals surface area contributed by atoms with E-state index in [1.54, 1.807) is 0 Å². The van der Waals surface area contributed by atoms with Gasteiger partial charge in [0.1, 0.15) is 0 Å². The summed E-state index contributed by atoms with van der Waals surface area (Å²) in [7, 11) is 0. The van der Waals surface area contributed by atoms with Crippen LogP contribution in [0.1, 0.15) is 44.4 Å². The molecular weight excluding hydrogens is 284 g/mol. The highest BCUT2D eigenvalue weighted by molar-refractivity contribution is 8.13. The summed E-state index contributed by atoms with van der Waals surface area (Å²) in [4.78, 5) is 6.31. The van der Waals surface area contributed by atoms with Crippen molar-refractivity contribution in [3.05, 3.63) is 22.4 Å². The molecule has 2 atom stereocenters. The van der Waals surface area contributed by atoms with E-state index in [0.29, 0.717) is 6.04 Å². The zero-order valence-corrected chi connectivity index (χ0v) is 14.0. The van der Waals surface area contributed by atoms with Crippen molar-refractivity contribution in [3.8, 4) is 0 Å². The lowest BCUT2D eigenvalue weighted by Crippen LogP contribution is -2.46. The Morgan fingerprint density at radius 1 is 1.35 bits per heavy atom. The Morgan fingerprint density at radius 2 is 2.20 bits per heavy atom. The van der Waals surface area contributed by atoms with E-state index in [4.69, 9.17) is 4.99 Å². The standard InChI is InChI=1S/C16H24N2S2/c1-16(2,14-8-5-9-19-14)11-17-15-18-13-7-4-3-6-12(13)10-20-15/h5,8-9,12-13H,3-4,6-7,10-11H2,1-2H3,(H,17,18). The molecule has 1 aliphatic heterocycles. The maximum absolute atomic E-state index is 4.88. The van der Waals surface area contributed by atoms with Crippen LogP contribution in [0.3, 0.4) is 0 Å². The van der Waals surface area contributed by atoms with Gasteiger partial charge in [-0.15, -0.1) is 11.3 Å². The van der Waals surface area contributed by atoms with Gasteiger partial charge in [-0.2, -0.15) is 0 Å². The normalized spacial score (nSPS) is 29.0. The maximum Gasteiger partial charge on any atom is 0.156 e. The average molecular weight is 309 g/mol. The van der Waals surface area contributed by atoms with Crippen LogP contribution in [0.5, 0.6) is 0 Å². The van der Waals surface area contributed by atoms with Gasteiger partial charge < -0.3 is 5.32 Å². The summed E-state index contributed by atoms with van der Waals surface area (Å²) in [5.74, 6) is 2.13. The third-order valence-electron chi connectivity index (χ3n) is 4.46. The summed E-state index contributed by atoms with van der Waals surface area (Å²) < 4.78 is 0. The lowest BCUT2D eigenvalue weighted by Gasteiger charge is -2.37. The van der Waals surface area contributed by atoms with Crippen LogP contribution >= 0.6 is 23.1 Å². The maximum atomic E-state index is 4.88. The topological polar surface area (TPSA) is 24.4 Å². The van der Waals surface area contributed by atoms with Crippen LogP contribution in [-0.2, 0) is 5.41 Å². The minimum Gasteiger partial charge on any atom is -0.362 e. The number of aliphatic imine (C=N–C) groups is 1. The van der Waals surface area contributed by atoms with Crippen LogP contribution in [0.25, 0.3) is 0 Å². The molecule has 0 radical (unpaired) electrons. The lowest BCUT2D eigenvalue weighted by atomic mass is 9.86. The largest absolute Gasteiger partial charge is 0.362 e. The SMILES string of the molecule is CC(C)(CN=C1NC2CCCCC2CS1)c1cccs1. The summed E-state index contributed by atoms with van der Waals surface area (Å²) in [5.41, 5.74) is 0.146. The van der Waals surface area contributed by atoms with Gasteiger partial charge in [-0.3, -0.25) is 4.99 Å². The number of amidine groups is 1. The van der Waals surface area contributed by atoms with Crippen molar-refractivity contribution in [2.75, 3.05) is 12.3 Å². The molecule has 3 rings (SSSR count). The lowest BCUT2D eigenvalue weighted by molar-refractivity contribution is 0.311. The second kappa shape index (κ2) is 6.10. The molecule has 1 saturated heterocycles. The van der Waals surface area contributed by atoms with Gasteiger partial charge in [-0.1, -0.05) is 44.5 Å². The summed E-state index contributed by atoms with van der Waals surface area (Å²) in [6, 6.07) is 5.05. The van der Waals surface area contributed by atoms with Crippen LogP contribution in [0.4, 0.5) is 0 Å². The second-order valence-corrected chi connectivity index (χ2v) is 8.55. The van der Waals surface area contributed by atoms with Crippen LogP contribution in [0.15, 0.2) is 22.5 Å². The molecule has 1 aromatic rings. The predicted octanol–water partition coefficient (Wildman–Crippen LogP) is 4.28. The molecule has 2 nitrogen and oxygen atoms in total. The van der Waals surface area contributed by atoms with Crippen molar-refractivity contribution in [3.63, 3.8) is 0 Å². The summed E-state index contributed by atoms with van der Waals surface area (Å²) in [6.45, 7) is 5.46. The van der Waals surface area contributed by atoms with Gasteiger partial charge in [0.05, 0.1) is 6.54 Å². The quantitative estimate of drug-likeness (QED) is 0.901. The van der Waals surface area contributed by atoms with Crippen molar-refractivity contribution < 1.29 is 0 Å². The molecule has 0 bridgehead atoms. The minimum absolute atomic E-state index is 0.146. The Labute approximate surface area is 130 Å². The van der Waals surface area contributed by atoms with Gasteiger partial charge in [0.2, 0.25) is 0 Å². The third-order valence-corrected chi connectivity index (χ3v) is 6.81. The van der Waals surface area contributed by atoms with Crippen molar-refractivity contribution in [1.82, 2.24) is 5.32 Å². The number of thioether (sulfide) groups is 1. The summed E-state index contributed by atoms with van der Waals surface area (Å²) >= 11 is 3.77. The molecule has 0 aromatic carbocycles. The van der Waals surface area contributed by atoms with Crippen LogP contribution in [0.2, 0.25) is 0 Å². The molecule has 0 amide bonds. The van der Waals surface area contributed by atoms with Gasteiger partial charge in [0.15, 0.2) is 5.17 Å². The van der Waals surface area contributed by atoms with E-state index in [9.17, 15) is 0 Å². The highest BCUT2D eigenvalue weighted by Crippen LogP contribution is 2.32. The van der Waals surface area contributed by atoms with Crippen LogP contribution in [0, 0.1) is 5.92 Å². The molecule has 20 heavy (non-hydrogen) atoms. The zero-order valence-electron chi connectivity index (χ0n) is 12.4. The van der Waals surface area contributed by atoms with Gasteiger partial charge >= 0.3 is 0 Å². The molecule has 2 heterocycles. The fraction of sp³-hybridized carbons (Fsp3) is 0.688. The van der Waals surface area contributed by atoms with Gasteiger partial charge in [0.25, 0.3) is 0 Å². The van der Waals surface area contributed by atoms with Crippen molar-refractivity contribution >= 4 is 28.3 Å². The third kappa shape index (κ3) is 3.22. The molecule has 2 fully saturated rings. The van der Waals surface area contributed by atoms with E-state index < -0.39 is 0 Å². The number of thiophene rings is 1. The van der Waals surface area contributed by atoms with E-state index >= 15 is 0 Å². The first-order chi connectivity index (χ1) is 9.65. The molecule has 1 N–H and O–H groups in total. The molecular formula is C16H24N2S2. The van der Waals surface area contributed by atoms with Crippen LogP contribution in [-0.4, -0.2) is 23.5 Å². The Hall–Kier alpha value is -0.480. The summed E-state index contributed by atoms with van der Waals surface area (Å²) in [5, 5.41) is 7.03. The predicted molar refractivity (Wildman–Crippen MR) is 91.0 cm³/mol. The molecule has 1 aromatic heterocycles. The summed E-state index contributed by atoms with van der Waals surface area (Å²) in [6.07, 6.45) is 5.53. The molecule has 1 saturated carbocycles. The van der Waals surface area contributed by atoms with Gasteiger partial charge in [-0.05, 0) is 30.2 Å². The smallest absolute Gasteiger partial charge is 0.156 e. The van der Waals surface area contributed by atoms with Crippen molar-refractivity contribution in [1.29, 1.82) is 0 Å². The Morgan fingerprint density at radius 3 is 3.00 bits per heavy atom. The molecule has 2 unspecified atom stereocenters. The average Bonchev–Trinajstić information content (AvgIpc) is 3.00. The first-order valence-electron chi connectivity index (χ1n) is 7.63. The molecule has 110 valence electrons. The fourth-order valence-electron chi connectivity index (χ4n) is 3.09. The number of nitrogens with zero attached hydrogens (tertiary/aromatic N) is 1. The monoisotopic (exact) mass is 308 g/mol. The number of rotatable bonds is 3. The highest BCUT2D eigenvalue weighted by Gasteiger charge is 2.30. The number of hydrogen-bond acceptors (Lipinski definition) is 3. The molecule has 0 spiro atoms. The van der Waals surface area contributed by atoms with Crippen molar-refractivity contribution in [2.45, 2.75) is 51.0 Å². The van der Waals surface area contributed by atoms with Crippen LogP contribution < -0.4 is 5.32 Å². The highest BCUT2D eigenvalue weighted by atomic mass is 32.2. The molecule has 1 aliphatic carbocycles. The fourth-order valence-corrected chi connectivity index (χ4v) is 5.09. The van der Waals surface area contributed by atoms with Crippen molar-refractivity contribution in [2.24, 2.45) is 10.9 Å². The number of fused-ring (bicyclic) bond motifs is 1. The minimum atomic E-state index is 0.146. The van der Waals surface area contributed by atoms with Gasteiger partial charge in [0, 0.05) is 22.1 Å². The Balaban J connectivity index is 1.62. The van der Waals surface area contributed by atoms with E-state index in [1.807, 2.05) is 23.1 Å². The Bertz CT molecular complexity index is 465. The van der Waals surface area contributed by atoms with E-state index in [2.05, 4.69) is 36.7 Å². The van der Waals surface area contributed by atoms with E-state index in [0.717, 1.165) is 12.5 Å².